The predicted molar refractivity (Wildman–Crippen MR) is 207 cm³/mol. The summed E-state index contributed by atoms with van der Waals surface area (Å²) in [7, 11) is 0. The average molecular weight is 815 g/mol. The summed E-state index contributed by atoms with van der Waals surface area (Å²) in [4.78, 5) is 45.3. The molecule has 4 heterocycles. The van der Waals surface area contributed by atoms with Crippen molar-refractivity contribution >= 4 is 18.2 Å². The quantitative estimate of drug-likeness (QED) is 0.139. The number of hydrogen-bond donors (Lipinski definition) is 2. The number of amides is 2. The third kappa shape index (κ3) is 12.6. The van der Waals surface area contributed by atoms with Crippen molar-refractivity contribution in [3.05, 3.63) is 138 Å². The minimum absolute atomic E-state index is 0.0492. The van der Waals surface area contributed by atoms with Crippen molar-refractivity contribution in [2.45, 2.75) is 50.5 Å². The van der Waals surface area contributed by atoms with Gasteiger partial charge in [-0.15, -0.1) is 0 Å². The van der Waals surface area contributed by atoms with E-state index in [-0.39, 0.29) is 17.8 Å². The van der Waals surface area contributed by atoms with Gasteiger partial charge in [0.15, 0.2) is 0 Å². The zero-order valence-electron chi connectivity index (χ0n) is 31.7. The zero-order valence-corrected chi connectivity index (χ0v) is 31.7. The zero-order chi connectivity index (χ0) is 41.8. The third-order valence-electron chi connectivity index (χ3n) is 9.47. The fourth-order valence-corrected chi connectivity index (χ4v) is 6.24. The molecule has 2 saturated heterocycles. The highest BCUT2D eigenvalue weighted by Crippen LogP contribution is 2.29. The smallest absolute Gasteiger partial charge is 0.417 e. The van der Waals surface area contributed by atoms with Crippen LogP contribution in [0, 0.1) is 0 Å². The summed E-state index contributed by atoms with van der Waals surface area (Å²) in [5.74, 6) is 1.93. The van der Waals surface area contributed by atoms with E-state index in [1.807, 2.05) is 36.4 Å². The number of carbonyl (C=O) groups is 3. The van der Waals surface area contributed by atoms with Crippen LogP contribution in [-0.2, 0) is 12.6 Å². The van der Waals surface area contributed by atoms with E-state index < -0.39 is 29.9 Å². The molecule has 2 fully saturated rings. The Morgan fingerprint density at radius 1 is 0.661 bits per heavy atom. The lowest BCUT2D eigenvalue weighted by atomic mass is 10.1. The number of halogens is 3. The van der Waals surface area contributed by atoms with E-state index in [1.165, 1.54) is 23.1 Å². The number of pyridine rings is 2. The summed E-state index contributed by atoms with van der Waals surface area (Å²) in [5, 5.41) is 17.9. The lowest BCUT2D eigenvalue weighted by Crippen LogP contribution is -2.43. The Morgan fingerprint density at radius 2 is 1.22 bits per heavy atom. The van der Waals surface area contributed by atoms with Crippen LogP contribution in [0.4, 0.5) is 22.8 Å². The van der Waals surface area contributed by atoms with Gasteiger partial charge in [-0.3, -0.25) is 4.98 Å². The van der Waals surface area contributed by atoms with E-state index in [0.29, 0.717) is 87.1 Å². The highest BCUT2D eigenvalue weighted by atomic mass is 19.4. The van der Waals surface area contributed by atoms with Crippen LogP contribution in [0.1, 0.15) is 52.9 Å². The standard InChI is InChI=1S/C26H23F3N2O5.C17H18N2O4/c27-26(28,29)19-5-6-20(30-16-19)15-17-1-7-22(8-2-17)36-25(34)31-13-11-23(12-14-31)35-21-9-3-18(4-10-21)24(32)33;20-17(21)19-11-8-15(9-12-19)22-13-4-6-14(7-5-13)23-16-3-1-2-10-18-16/h1-10,16,23H,11-15H2,(H,32,33);1-7,10,15H,8-9,11-12H2,(H,20,21). The number of hydrogen-bond acceptors (Lipinski definition) is 9. The van der Waals surface area contributed by atoms with Gasteiger partial charge in [-0.2, -0.15) is 13.2 Å². The second-order valence-corrected chi connectivity index (χ2v) is 13.7. The Bertz CT molecular complexity index is 2120. The maximum atomic E-state index is 12.7. The lowest BCUT2D eigenvalue weighted by molar-refractivity contribution is -0.137. The molecule has 0 bridgehead atoms. The molecule has 5 aromatic rings. The van der Waals surface area contributed by atoms with Crippen LogP contribution in [0.5, 0.6) is 28.9 Å². The van der Waals surface area contributed by atoms with Crippen molar-refractivity contribution in [1.82, 2.24) is 19.8 Å². The van der Waals surface area contributed by atoms with E-state index in [4.69, 9.17) is 29.2 Å². The second kappa shape index (κ2) is 19.5. The molecule has 2 N–H and O–H groups in total. The minimum Gasteiger partial charge on any atom is -0.490 e. The maximum absolute atomic E-state index is 12.7. The van der Waals surface area contributed by atoms with Crippen molar-refractivity contribution in [3.8, 4) is 28.9 Å². The molecule has 0 spiro atoms. The number of aromatic carboxylic acids is 1. The van der Waals surface area contributed by atoms with Gasteiger partial charge in [0, 0.05) is 82.4 Å². The first-order chi connectivity index (χ1) is 28.4. The first-order valence-electron chi connectivity index (χ1n) is 18.8. The Hall–Kier alpha value is -6.84. The molecule has 3 aromatic carbocycles. The number of carboxylic acids is 1. The van der Waals surface area contributed by atoms with Crippen LogP contribution >= 0.6 is 0 Å². The summed E-state index contributed by atoms with van der Waals surface area (Å²) in [6, 6.07) is 28.1. The predicted octanol–water partition coefficient (Wildman–Crippen LogP) is 8.83. The normalized spacial score (nSPS) is 14.7. The van der Waals surface area contributed by atoms with E-state index in [9.17, 15) is 27.6 Å². The van der Waals surface area contributed by atoms with Crippen LogP contribution in [0.3, 0.4) is 0 Å². The van der Waals surface area contributed by atoms with Gasteiger partial charge in [-0.1, -0.05) is 18.2 Å². The molecular formula is C43H41F3N4O9. The summed E-state index contributed by atoms with van der Waals surface area (Å²) in [6.45, 7) is 1.94. The number of rotatable bonds is 10. The third-order valence-corrected chi connectivity index (χ3v) is 9.47. The molecule has 59 heavy (non-hydrogen) atoms. The second-order valence-electron chi connectivity index (χ2n) is 13.7. The molecule has 2 aliphatic rings. The lowest BCUT2D eigenvalue weighted by Gasteiger charge is -2.31. The van der Waals surface area contributed by atoms with Crippen molar-refractivity contribution in [2.24, 2.45) is 0 Å². The number of benzene rings is 3. The van der Waals surface area contributed by atoms with E-state index in [0.717, 1.165) is 23.6 Å². The summed E-state index contributed by atoms with van der Waals surface area (Å²) >= 11 is 0. The van der Waals surface area contributed by atoms with Crippen LogP contribution in [0.15, 0.2) is 116 Å². The number of aromatic nitrogens is 2. The molecule has 0 radical (unpaired) electrons. The molecular weight excluding hydrogens is 773 g/mol. The highest BCUT2D eigenvalue weighted by molar-refractivity contribution is 5.87. The van der Waals surface area contributed by atoms with Gasteiger partial charge in [-0.25, -0.2) is 19.4 Å². The van der Waals surface area contributed by atoms with Crippen molar-refractivity contribution < 1.29 is 56.7 Å². The Labute approximate surface area is 337 Å². The van der Waals surface area contributed by atoms with Gasteiger partial charge in [0.25, 0.3) is 0 Å². The Kier molecular flexibility index (Phi) is 13.8. The van der Waals surface area contributed by atoms with Crippen molar-refractivity contribution in [2.75, 3.05) is 26.2 Å². The fraction of sp³-hybridized carbons (Fsp3) is 0.279. The molecule has 0 atom stereocenters. The van der Waals surface area contributed by atoms with E-state index in [2.05, 4.69) is 9.97 Å². The number of likely N-dealkylation sites (tertiary alicyclic amines) is 2. The van der Waals surface area contributed by atoms with E-state index in [1.54, 1.807) is 53.6 Å². The largest absolute Gasteiger partial charge is 0.490 e. The van der Waals surface area contributed by atoms with Gasteiger partial charge >= 0.3 is 24.3 Å². The van der Waals surface area contributed by atoms with Gasteiger partial charge in [0.1, 0.15) is 35.2 Å². The van der Waals surface area contributed by atoms with Gasteiger partial charge in [-0.05, 0) is 84.4 Å². The SMILES string of the molecule is O=C(O)N1CCC(Oc2ccc(Oc3ccccn3)cc2)CC1.O=C(O)c1ccc(OC2CCN(C(=O)Oc3ccc(Cc4ccc(C(F)(F)F)cn4)cc3)CC2)cc1. The molecule has 2 aliphatic heterocycles. The van der Waals surface area contributed by atoms with Crippen LogP contribution in [0.25, 0.3) is 0 Å². The van der Waals surface area contributed by atoms with E-state index >= 15 is 0 Å². The number of carbonyl (C=O) groups excluding carboxylic acids is 1. The van der Waals surface area contributed by atoms with Gasteiger partial charge in [0.05, 0.1) is 11.1 Å². The molecule has 0 aliphatic carbocycles. The molecule has 13 nitrogen and oxygen atoms in total. The maximum Gasteiger partial charge on any atom is 0.417 e. The van der Waals surface area contributed by atoms with Crippen LogP contribution in [-0.4, -0.2) is 86.5 Å². The number of ether oxygens (including phenoxy) is 4. The van der Waals surface area contributed by atoms with Gasteiger partial charge in [0.2, 0.25) is 5.88 Å². The van der Waals surface area contributed by atoms with Crippen LogP contribution in [0.2, 0.25) is 0 Å². The first-order valence-corrected chi connectivity index (χ1v) is 18.8. The fourth-order valence-electron chi connectivity index (χ4n) is 6.24. The minimum atomic E-state index is -4.42. The summed E-state index contributed by atoms with van der Waals surface area (Å²) in [6.07, 6.45) is -0.341. The topological polar surface area (TPSA) is 161 Å². The van der Waals surface area contributed by atoms with Gasteiger partial charge < -0.3 is 39.0 Å². The van der Waals surface area contributed by atoms with Crippen molar-refractivity contribution in [3.63, 3.8) is 0 Å². The Balaban J connectivity index is 0.000000219. The number of nitrogens with zero attached hydrogens (tertiary/aromatic N) is 4. The molecule has 7 rings (SSSR count). The Morgan fingerprint density at radius 3 is 1.73 bits per heavy atom. The number of carboxylic acid groups (broad SMARTS) is 2. The van der Waals surface area contributed by atoms with Crippen molar-refractivity contribution in [1.29, 1.82) is 0 Å². The molecule has 16 heteroatoms. The molecule has 2 aromatic heterocycles. The molecule has 0 unspecified atom stereocenters. The first kappa shape index (κ1) is 41.8. The molecule has 2 amide bonds. The monoisotopic (exact) mass is 814 g/mol. The molecule has 0 saturated carbocycles. The highest BCUT2D eigenvalue weighted by Gasteiger charge is 2.31. The number of alkyl halides is 3. The summed E-state index contributed by atoms with van der Waals surface area (Å²) < 4.78 is 60.9. The number of piperidine rings is 2. The van der Waals surface area contributed by atoms with Crippen LogP contribution < -0.4 is 18.9 Å². The average Bonchev–Trinajstić information content (AvgIpc) is 3.23. The summed E-state index contributed by atoms with van der Waals surface area (Å²) in [5.41, 5.74) is 0.703. The molecule has 308 valence electrons.